The number of hydrogen-bond acceptors (Lipinski definition) is 4. The zero-order valence-electron chi connectivity index (χ0n) is 12.7. The van der Waals surface area contributed by atoms with Crippen molar-refractivity contribution in [2.45, 2.75) is 31.6 Å². The Morgan fingerprint density at radius 1 is 1.36 bits per heavy atom. The van der Waals surface area contributed by atoms with E-state index in [1.807, 2.05) is 29.2 Å². The highest BCUT2D eigenvalue weighted by molar-refractivity contribution is 7.99. The summed E-state index contributed by atoms with van der Waals surface area (Å²) in [6.45, 7) is 2.90. The predicted molar refractivity (Wildman–Crippen MR) is 89.8 cm³/mol. The Kier molecular flexibility index (Phi) is 4.52. The van der Waals surface area contributed by atoms with Crippen LogP contribution >= 0.6 is 11.8 Å². The van der Waals surface area contributed by atoms with Crippen molar-refractivity contribution >= 4 is 28.6 Å². The van der Waals surface area contributed by atoms with Crippen molar-refractivity contribution in [2.24, 2.45) is 0 Å². The molecule has 4 nitrogen and oxygen atoms in total. The number of para-hydroxylation sites is 1. The Bertz CT molecular complexity index is 689. The number of fused-ring (bicyclic) bond motifs is 1. The monoisotopic (exact) mass is 316 g/mol. The van der Waals surface area contributed by atoms with Crippen molar-refractivity contribution in [1.82, 2.24) is 9.88 Å². The van der Waals surface area contributed by atoms with Gasteiger partial charge in [0.1, 0.15) is 16.6 Å². The molecule has 0 bridgehead atoms. The molecule has 1 amide bonds. The molecule has 5 heteroatoms. The topological polar surface area (TPSA) is 53.4 Å². The first-order valence-electron chi connectivity index (χ1n) is 7.70. The van der Waals surface area contributed by atoms with E-state index in [2.05, 4.69) is 11.9 Å². The van der Waals surface area contributed by atoms with Crippen LogP contribution in [0.2, 0.25) is 0 Å². The Morgan fingerprint density at radius 3 is 3.05 bits per heavy atom. The second kappa shape index (κ2) is 6.57. The van der Waals surface area contributed by atoms with Gasteiger partial charge in [-0.1, -0.05) is 31.5 Å². The molecule has 1 saturated heterocycles. The van der Waals surface area contributed by atoms with Crippen LogP contribution in [-0.4, -0.2) is 33.2 Å². The molecule has 0 spiro atoms. The minimum Gasteiger partial charge on any atom is -0.506 e. The van der Waals surface area contributed by atoms with Crippen LogP contribution < -0.4 is 0 Å². The van der Waals surface area contributed by atoms with Crippen LogP contribution in [-0.2, 0) is 4.79 Å². The summed E-state index contributed by atoms with van der Waals surface area (Å²) in [6.07, 6.45) is 2.67. The van der Waals surface area contributed by atoms with Gasteiger partial charge in [0.2, 0.25) is 5.91 Å². The first-order chi connectivity index (χ1) is 10.7. The van der Waals surface area contributed by atoms with E-state index in [0.717, 1.165) is 36.2 Å². The molecule has 22 heavy (non-hydrogen) atoms. The van der Waals surface area contributed by atoms with Gasteiger partial charge in [-0.3, -0.25) is 4.79 Å². The van der Waals surface area contributed by atoms with Crippen molar-refractivity contribution in [1.29, 1.82) is 0 Å². The zero-order valence-corrected chi connectivity index (χ0v) is 13.5. The van der Waals surface area contributed by atoms with Gasteiger partial charge in [-0.15, -0.1) is 11.8 Å². The summed E-state index contributed by atoms with van der Waals surface area (Å²) < 4.78 is 0. The predicted octanol–water partition coefficient (Wildman–Crippen LogP) is 3.70. The molecule has 2 heterocycles. The van der Waals surface area contributed by atoms with E-state index in [1.165, 1.54) is 0 Å². The summed E-state index contributed by atoms with van der Waals surface area (Å²) in [5.41, 5.74) is 1.46. The van der Waals surface area contributed by atoms with Crippen LogP contribution in [0.1, 0.15) is 37.3 Å². The maximum atomic E-state index is 12.2. The second-order valence-electron chi connectivity index (χ2n) is 5.50. The standard InChI is InChI=1S/C17H20N2O2S/c1-2-3-10-19-15(21)9-11-22-17(19)13-8-7-12-5-4-6-14(20)16(12)18-13/h4-8,17,20H,2-3,9-11H2,1H3. The number of pyridine rings is 1. The van der Waals surface area contributed by atoms with Crippen molar-refractivity contribution in [2.75, 3.05) is 12.3 Å². The number of nitrogens with zero attached hydrogens (tertiary/aromatic N) is 2. The van der Waals surface area contributed by atoms with Gasteiger partial charge >= 0.3 is 0 Å². The zero-order chi connectivity index (χ0) is 15.5. The van der Waals surface area contributed by atoms with E-state index in [1.54, 1.807) is 17.8 Å². The average molecular weight is 316 g/mol. The van der Waals surface area contributed by atoms with Gasteiger partial charge in [0.15, 0.2) is 0 Å². The van der Waals surface area contributed by atoms with Crippen LogP contribution in [0.3, 0.4) is 0 Å². The third-order valence-corrected chi connectivity index (χ3v) is 5.17. The number of amides is 1. The Hall–Kier alpha value is -1.75. The lowest BCUT2D eigenvalue weighted by Gasteiger charge is -2.34. The van der Waals surface area contributed by atoms with E-state index < -0.39 is 0 Å². The van der Waals surface area contributed by atoms with Gasteiger partial charge in [0, 0.05) is 24.1 Å². The first kappa shape index (κ1) is 15.2. The molecule has 1 aliphatic heterocycles. The molecule has 1 aliphatic rings. The van der Waals surface area contributed by atoms with Crippen molar-refractivity contribution < 1.29 is 9.90 Å². The highest BCUT2D eigenvalue weighted by Crippen LogP contribution is 2.37. The van der Waals surface area contributed by atoms with E-state index in [-0.39, 0.29) is 17.0 Å². The van der Waals surface area contributed by atoms with Crippen LogP contribution in [0.5, 0.6) is 5.75 Å². The summed E-state index contributed by atoms with van der Waals surface area (Å²) in [6, 6.07) is 9.32. The van der Waals surface area contributed by atoms with Gasteiger partial charge in [-0.05, 0) is 18.6 Å². The average Bonchev–Trinajstić information content (AvgIpc) is 2.54. The highest BCUT2D eigenvalue weighted by Gasteiger charge is 2.30. The van der Waals surface area contributed by atoms with Gasteiger partial charge < -0.3 is 10.0 Å². The van der Waals surface area contributed by atoms with E-state index in [9.17, 15) is 9.90 Å². The molecule has 0 saturated carbocycles. The fourth-order valence-corrected chi connectivity index (χ4v) is 3.94. The number of phenolic OH excluding ortho intramolecular Hbond substituents is 1. The van der Waals surface area contributed by atoms with Gasteiger partial charge in [0.05, 0.1) is 5.69 Å². The van der Waals surface area contributed by atoms with E-state index >= 15 is 0 Å². The van der Waals surface area contributed by atoms with Crippen molar-refractivity contribution in [3.05, 3.63) is 36.0 Å². The molecule has 3 rings (SSSR count). The van der Waals surface area contributed by atoms with Crippen LogP contribution in [0, 0.1) is 0 Å². The van der Waals surface area contributed by atoms with E-state index in [0.29, 0.717) is 11.9 Å². The van der Waals surface area contributed by atoms with Gasteiger partial charge in [-0.2, -0.15) is 0 Å². The fourth-order valence-electron chi connectivity index (χ4n) is 2.72. The SMILES string of the molecule is CCCCN1C(=O)CCSC1c1ccc2cccc(O)c2n1. The lowest BCUT2D eigenvalue weighted by molar-refractivity contribution is -0.132. The highest BCUT2D eigenvalue weighted by atomic mass is 32.2. The normalized spacial score (nSPS) is 18.9. The number of thioether (sulfide) groups is 1. The number of aromatic hydroxyl groups is 1. The molecule has 1 aromatic heterocycles. The summed E-state index contributed by atoms with van der Waals surface area (Å²) >= 11 is 1.75. The number of phenols is 1. The van der Waals surface area contributed by atoms with Gasteiger partial charge in [0.25, 0.3) is 0 Å². The molecule has 1 aromatic carbocycles. The summed E-state index contributed by atoms with van der Waals surface area (Å²) in [4.78, 5) is 18.8. The van der Waals surface area contributed by atoms with Gasteiger partial charge in [-0.25, -0.2) is 4.98 Å². The minimum atomic E-state index is -0.0446. The van der Waals surface area contributed by atoms with Crippen LogP contribution in [0.25, 0.3) is 10.9 Å². The molecule has 116 valence electrons. The number of aromatic nitrogens is 1. The molecule has 0 aliphatic carbocycles. The molecule has 2 aromatic rings. The maximum Gasteiger partial charge on any atom is 0.224 e. The second-order valence-corrected chi connectivity index (χ2v) is 6.69. The Balaban J connectivity index is 1.96. The maximum absolute atomic E-state index is 12.2. The number of hydrogen-bond donors (Lipinski definition) is 1. The van der Waals surface area contributed by atoms with Crippen molar-refractivity contribution in [3.63, 3.8) is 0 Å². The smallest absolute Gasteiger partial charge is 0.224 e. The molecule has 1 N–H and O–H groups in total. The lowest BCUT2D eigenvalue weighted by Crippen LogP contribution is -2.38. The molecule has 1 fully saturated rings. The molecular weight excluding hydrogens is 296 g/mol. The minimum absolute atomic E-state index is 0.0446. The number of unbranched alkanes of at least 4 members (excludes halogenated alkanes) is 1. The van der Waals surface area contributed by atoms with Crippen LogP contribution in [0.15, 0.2) is 30.3 Å². The lowest BCUT2D eigenvalue weighted by atomic mass is 10.1. The Morgan fingerprint density at radius 2 is 2.23 bits per heavy atom. The molecule has 1 atom stereocenters. The molecule has 1 unspecified atom stereocenters. The quantitative estimate of drug-likeness (QED) is 0.934. The third kappa shape index (κ3) is 2.90. The Labute approximate surface area is 134 Å². The fraction of sp³-hybridized carbons (Fsp3) is 0.412. The summed E-state index contributed by atoms with van der Waals surface area (Å²) in [5.74, 6) is 1.22. The summed E-state index contributed by atoms with van der Waals surface area (Å²) in [5, 5.41) is 10.9. The van der Waals surface area contributed by atoms with Crippen LogP contribution in [0.4, 0.5) is 0 Å². The number of carbonyl (C=O) groups excluding carboxylic acids is 1. The molecule has 0 radical (unpaired) electrons. The number of benzene rings is 1. The number of rotatable bonds is 4. The van der Waals surface area contributed by atoms with E-state index in [4.69, 9.17) is 0 Å². The van der Waals surface area contributed by atoms with Crippen molar-refractivity contribution in [3.8, 4) is 5.75 Å². The number of carbonyl (C=O) groups is 1. The largest absolute Gasteiger partial charge is 0.506 e. The summed E-state index contributed by atoms with van der Waals surface area (Å²) in [7, 11) is 0. The molecular formula is C17H20N2O2S. The third-order valence-electron chi connectivity index (χ3n) is 3.92. The first-order valence-corrected chi connectivity index (χ1v) is 8.75.